The van der Waals surface area contributed by atoms with Gasteiger partial charge in [0.05, 0.1) is 18.0 Å². The summed E-state index contributed by atoms with van der Waals surface area (Å²) in [5.74, 6) is 0.724. The van der Waals surface area contributed by atoms with Crippen molar-refractivity contribution >= 4 is 5.97 Å². The topological polar surface area (TPSA) is 103 Å². The Morgan fingerprint density at radius 2 is 1.63 bits per heavy atom. The number of carbonyl (C=O) groups is 1. The van der Waals surface area contributed by atoms with Crippen LogP contribution in [0.5, 0.6) is 5.75 Å². The first-order valence-corrected chi connectivity index (χ1v) is 12.0. The van der Waals surface area contributed by atoms with Gasteiger partial charge in [0.1, 0.15) is 17.2 Å². The Morgan fingerprint density at radius 1 is 0.974 bits per heavy atom. The van der Waals surface area contributed by atoms with Crippen LogP contribution in [0.1, 0.15) is 53.5 Å². The number of aryl methyl sites for hydroxylation is 1. The molecule has 8 nitrogen and oxygen atoms in total. The van der Waals surface area contributed by atoms with Crippen molar-refractivity contribution in [1.29, 1.82) is 0 Å². The molecule has 0 saturated carbocycles. The van der Waals surface area contributed by atoms with E-state index in [0.29, 0.717) is 36.0 Å². The fourth-order valence-corrected chi connectivity index (χ4v) is 4.08. The van der Waals surface area contributed by atoms with Crippen LogP contribution >= 0.6 is 0 Å². The van der Waals surface area contributed by atoms with E-state index in [4.69, 9.17) is 9.15 Å². The molecule has 2 aromatic heterocycles. The number of ether oxygens (including phenoxy) is 1. The van der Waals surface area contributed by atoms with Gasteiger partial charge in [0.25, 0.3) is 0 Å². The Kier molecular flexibility index (Phi) is 8.01. The van der Waals surface area contributed by atoms with Gasteiger partial charge < -0.3 is 14.3 Å². The molecule has 1 unspecified atom stereocenters. The van der Waals surface area contributed by atoms with Crippen LogP contribution in [0.2, 0.25) is 0 Å². The van der Waals surface area contributed by atoms with E-state index in [1.165, 1.54) is 4.80 Å². The molecule has 0 radical (unpaired) electrons. The minimum Gasteiger partial charge on any atom is -0.493 e. The Morgan fingerprint density at radius 3 is 2.29 bits per heavy atom. The molecule has 194 valence electrons. The first-order chi connectivity index (χ1) is 18.0. The van der Waals surface area contributed by atoms with Gasteiger partial charge in [-0.25, -0.2) is 9.78 Å². The number of carboxylic acids is 1. The van der Waals surface area contributed by atoms with E-state index >= 15 is 0 Å². The lowest BCUT2D eigenvalue weighted by Gasteiger charge is -2.11. The van der Waals surface area contributed by atoms with E-state index in [9.17, 15) is 9.90 Å². The van der Waals surface area contributed by atoms with Crippen molar-refractivity contribution in [3.05, 3.63) is 113 Å². The minimum atomic E-state index is -1.11. The van der Waals surface area contributed by atoms with Gasteiger partial charge in [-0.3, -0.25) is 0 Å². The van der Waals surface area contributed by atoms with Gasteiger partial charge in [0.2, 0.25) is 5.89 Å². The zero-order chi connectivity index (χ0) is 25.8. The van der Waals surface area contributed by atoms with Gasteiger partial charge in [0.15, 0.2) is 5.69 Å². The summed E-state index contributed by atoms with van der Waals surface area (Å²) in [7, 11) is 0. The third-order valence-corrected chi connectivity index (χ3v) is 6.14. The van der Waals surface area contributed by atoms with Crippen LogP contribution in [-0.2, 0) is 6.42 Å². The highest BCUT2D eigenvalue weighted by atomic mass is 16.5. The summed E-state index contributed by atoms with van der Waals surface area (Å²) >= 11 is 0. The number of rotatable bonds is 9. The highest BCUT2D eigenvalue weighted by Gasteiger charge is 2.24. The average Bonchev–Trinajstić information content (AvgIpc) is 3.54. The van der Waals surface area contributed by atoms with Gasteiger partial charge >= 0.3 is 5.97 Å². The predicted molar refractivity (Wildman–Crippen MR) is 145 cm³/mol. The standard InChI is InChI=1S/C29H26N4O4.CH4/c1-19(26-27(29(34)35)32-33(31-26)23-11-7-4-8-12-23)21-13-15-24(16-14-21)36-18-17-25-20(2)37-28(30-25)22-9-5-3-6-10-22;/h3-16,19H,17-18H2,1-2H3,(H,34,35);1H4. The Balaban J connectivity index is 0.00000336. The number of hydrogen-bond acceptors (Lipinski definition) is 6. The van der Waals surface area contributed by atoms with E-state index < -0.39 is 5.97 Å². The molecule has 8 heteroatoms. The quantitative estimate of drug-likeness (QED) is 0.247. The van der Waals surface area contributed by atoms with Gasteiger partial charge in [-0.2, -0.15) is 9.90 Å². The van der Waals surface area contributed by atoms with Crippen LogP contribution in [0.15, 0.2) is 89.3 Å². The number of oxazole rings is 1. The van der Waals surface area contributed by atoms with Crippen LogP contribution in [0, 0.1) is 6.92 Å². The Hall–Kier alpha value is -4.72. The highest BCUT2D eigenvalue weighted by molar-refractivity contribution is 5.86. The summed E-state index contributed by atoms with van der Waals surface area (Å²) in [6.45, 7) is 4.27. The predicted octanol–water partition coefficient (Wildman–Crippen LogP) is 6.34. The maximum absolute atomic E-state index is 11.8. The fourth-order valence-electron chi connectivity index (χ4n) is 4.08. The molecule has 0 aliphatic rings. The zero-order valence-electron chi connectivity index (χ0n) is 20.5. The van der Waals surface area contributed by atoms with E-state index in [1.807, 2.05) is 98.8 Å². The molecule has 0 bridgehead atoms. The lowest BCUT2D eigenvalue weighted by Crippen LogP contribution is -2.06. The molecular weight excluding hydrogens is 480 g/mol. The number of para-hydroxylation sites is 1. The fraction of sp³-hybridized carbons (Fsp3) is 0.200. The van der Waals surface area contributed by atoms with Crippen LogP contribution in [0.25, 0.3) is 17.1 Å². The van der Waals surface area contributed by atoms with E-state index in [1.54, 1.807) is 0 Å². The maximum Gasteiger partial charge on any atom is 0.358 e. The molecule has 0 amide bonds. The summed E-state index contributed by atoms with van der Waals surface area (Å²) in [5, 5.41) is 18.4. The molecular formula is C30H30N4O4. The van der Waals surface area contributed by atoms with Crippen molar-refractivity contribution in [2.24, 2.45) is 0 Å². The number of benzene rings is 3. The largest absolute Gasteiger partial charge is 0.493 e. The lowest BCUT2D eigenvalue weighted by atomic mass is 9.96. The first-order valence-electron chi connectivity index (χ1n) is 12.0. The molecule has 0 spiro atoms. The molecule has 5 aromatic rings. The zero-order valence-corrected chi connectivity index (χ0v) is 20.5. The third-order valence-electron chi connectivity index (χ3n) is 6.14. The lowest BCUT2D eigenvalue weighted by molar-refractivity contribution is 0.0688. The van der Waals surface area contributed by atoms with E-state index in [0.717, 1.165) is 22.6 Å². The second-order valence-corrected chi connectivity index (χ2v) is 8.64. The smallest absolute Gasteiger partial charge is 0.358 e. The van der Waals surface area contributed by atoms with E-state index in [2.05, 4.69) is 15.2 Å². The summed E-state index contributed by atoms with van der Waals surface area (Å²) < 4.78 is 11.8. The molecule has 5 rings (SSSR count). The normalized spacial score (nSPS) is 11.5. The molecule has 0 aliphatic carbocycles. The highest BCUT2D eigenvalue weighted by Crippen LogP contribution is 2.27. The number of carboxylic acid groups (broad SMARTS) is 1. The SMILES string of the molecule is C.Cc1oc(-c2ccccc2)nc1CCOc1ccc(C(C)c2nn(-c3ccccc3)nc2C(=O)O)cc1. The second kappa shape index (κ2) is 11.6. The molecule has 1 atom stereocenters. The van der Waals surface area contributed by atoms with Gasteiger partial charge in [-0.15, -0.1) is 5.10 Å². The van der Waals surface area contributed by atoms with Gasteiger partial charge in [-0.05, 0) is 48.9 Å². The van der Waals surface area contributed by atoms with Crippen LogP contribution in [-0.4, -0.2) is 37.7 Å². The molecule has 0 aliphatic heterocycles. The van der Waals surface area contributed by atoms with Crippen molar-refractivity contribution in [2.75, 3.05) is 6.61 Å². The number of aromatic nitrogens is 4. The molecule has 2 heterocycles. The van der Waals surface area contributed by atoms with Crippen molar-refractivity contribution in [2.45, 2.75) is 33.6 Å². The Bertz CT molecular complexity index is 1490. The van der Waals surface area contributed by atoms with E-state index in [-0.39, 0.29) is 19.0 Å². The molecule has 3 aromatic carbocycles. The summed E-state index contributed by atoms with van der Waals surface area (Å²) in [6, 6.07) is 26.6. The third kappa shape index (κ3) is 5.64. The van der Waals surface area contributed by atoms with Gasteiger partial charge in [-0.1, -0.05) is 62.9 Å². The summed E-state index contributed by atoms with van der Waals surface area (Å²) in [4.78, 5) is 17.8. The summed E-state index contributed by atoms with van der Waals surface area (Å²) in [5.41, 5.74) is 3.76. The number of nitrogens with zero attached hydrogens (tertiary/aromatic N) is 4. The van der Waals surface area contributed by atoms with Crippen LogP contribution < -0.4 is 4.74 Å². The van der Waals surface area contributed by atoms with Crippen molar-refractivity contribution in [3.8, 4) is 22.9 Å². The minimum absolute atomic E-state index is 0. The first kappa shape index (κ1) is 26.3. The van der Waals surface area contributed by atoms with Gasteiger partial charge in [0, 0.05) is 17.9 Å². The number of hydrogen-bond donors (Lipinski definition) is 1. The molecule has 0 fully saturated rings. The van der Waals surface area contributed by atoms with Crippen molar-refractivity contribution in [3.63, 3.8) is 0 Å². The monoisotopic (exact) mass is 510 g/mol. The maximum atomic E-state index is 11.8. The van der Waals surface area contributed by atoms with Crippen molar-refractivity contribution in [1.82, 2.24) is 20.0 Å². The van der Waals surface area contributed by atoms with Crippen molar-refractivity contribution < 1.29 is 19.1 Å². The average molecular weight is 511 g/mol. The number of aromatic carboxylic acids is 1. The summed E-state index contributed by atoms with van der Waals surface area (Å²) in [6.07, 6.45) is 0.616. The molecule has 1 N–H and O–H groups in total. The van der Waals surface area contributed by atoms with Crippen LogP contribution in [0.4, 0.5) is 0 Å². The van der Waals surface area contributed by atoms with Crippen LogP contribution in [0.3, 0.4) is 0 Å². The Labute approximate surface area is 221 Å². The molecule has 38 heavy (non-hydrogen) atoms. The molecule has 0 saturated heterocycles. The second-order valence-electron chi connectivity index (χ2n) is 8.64.